The average Bonchev–Trinajstić information content (AvgIpc) is 2.99. The Morgan fingerprint density at radius 3 is 2.58 bits per heavy atom. The summed E-state index contributed by atoms with van der Waals surface area (Å²) in [6, 6.07) is 13.0. The molecule has 24 heavy (non-hydrogen) atoms. The Balaban J connectivity index is 1.67. The Hall–Kier alpha value is -2.62. The highest BCUT2D eigenvalue weighted by Crippen LogP contribution is 2.29. The largest absolute Gasteiger partial charge is 0.384 e. The third-order valence-corrected chi connectivity index (χ3v) is 4.00. The van der Waals surface area contributed by atoms with Gasteiger partial charge in [-0.2, -0.15) is 0 Å². The molecule has 0 unspecified atom stereocenters. The summed E-state index contributed by atoms with van der Waals surface area (Å²) in [5.41, 5.74) is 5.43. The molecule has 2 aromatic carbocycles. The number of imidazole rings is 1. The van der Waals surface area contributed by atoms with E-state index in [0.717, 1.165) is 42.0 Å². The number of halogens is 1. The van der Waals surface area contributed by atoms with Gasteiger partial charge in [-0.05, 0) is 50.1 Å². The van der Waals surface area contributed by atoms with Crippen molar-refractivity contribution < 1.29 is 4.39 Å². The van der Waals surface area contributed by atoms with Gasteiger partial charge in [0.1, 0.15) is 5.82 Å². The van der Waals surface area contributed by atoms with Gasteiger partial charge >= 0.3 is 0 Å². The molecule has 0 atom stereocenters. The van der Waals surface area contributed by atoms with Crippen LogP contribution in [-0.2, 0) is 6.54 Å². The molecule has 3 aromatic rings. The summed E-state index contributed by atoms with van der Waals surface area (Å²) < 4.78 is 15.3. The molecule has 1 heterocycles. The van der Waals surface area contributed by atoms with Crippen molar-refractivity contribution in [2.75, 3.05) is 11.9 Å². The first-order valence-corrected chi connectivity index (χ1v) is 8.21. The molecule has 0 saturated heterocycles. The fourth-order valence-corrected chi connectivity index (χ4v) is 2.76. The first-order chi connectivity index (χ1) is 11.6. The molecule has 0 aliphatic heterocycles. The first-order valence-electron chi connectivity index (χ1n) is 8.21. The van der Waals surface area contributed by atoms with Gasteiger partial charge in [-0.1, -0.05) is 23.8 Å². The molecule has 0 aliphatic carbocycles. The molecule has 3 nitrogen and oxygen atoms in total. The summed E-state index contributed by atoms with van der Waals surface area (Å²) in [4.78, 5) is 4.24. The fourth-order valence-electron chi connectivity index (χ4n) is 2.76. The maximum absolute atomic E-state index is 13.2. The summed E-state index contributed by atoms with van der Waals surface area (Å²) >= 11 is 0. The van der Waals surface area contributed by atoms with Crippen LogP contribution in [0.3, 0.4) is 0 Å². The van der Waals surface area contributed by atoms with E-state index in [9.17, 15) is 4.39 Å². The maximum Gasteiger partial charge on any atom is 0.123 e. The standard InChI is InChI=1S/C20H22FN3/c1-15-4-9-20(19(12-15)17-5-7-18(21)8-6-17)22-10-3-11-24-13-16(2)23-14-24/h4-9,12-14,22H,3,10-11H2,1-2H3. The van der Waals surface area contributed by atoms with Gasteiger partial charge in [-0.15, -0.1) is 0 Å². The van der Waals surface area contributed by atoms with E-state index in [2.05, 4.69) is 46.2 Å². The zero-order valence-electron chi connectivity index (χ0n) is 14.1. The molecule has 0 fully saturated rings. The number of nitrogens with zero attached hydrogens (tertiary/aromatic N) is 2. The molecule has 0 aliphatic rings. The second-order valence-corrected chi connectivity index (χ2v) is 6.09. The zero-order chi connectivity index (χ0) is 16.9. The maximum atomic E-state index is 13.2. The van der Waals surface area contributed by atoms with Crippen LogP contribution in [0.25, 0.3) is 11.1 Å². The molecule has 3 rings (SSSR count). The molecule has 1 N–H and O–H groups in total. The third kappa shape index (κ3) is 4.02. The van der Waals surface area contributed by atoms with Crippen molar-refractivity contribution in [2.45, 2.75) is 26.8 Å². The summed E-state index contributed by atoms with van der Waals surface area (Å²) in [6.07, 6.45) is 4.92. The highest BCUT2D eigenvalue weighted by Gasteiger charge is 2.06. The molecule has 1 aromatic heterocycles. The molecule has 0 radical (unpaired) electrons. The SMILES string of the molecule is Cc1ccc(NCCCn2cnc(C)c2)c(-c2ccc(F)cc2)c1. The van der Waals surface area contributed by atoms with Crippen LogP contribution in [0.2, 0.25) is 0 Å². The quantitative estimate of drug-likeness (QED) is 0.660. The number of hydrogen-bond donors (Lipinski definition) is 1. The van der Waals surface area contributed by atoms with E-state index in [1.54, 1.807) is 0 Å². The summed E-state index contributed by atoms with van der Waals surface area (Å²) in [7, 11) is 0. The van der Waals surface area contributed by atoms with Gasteiger partial charge in [-0.3, -0.25) is 0 Å². The van der Waals surface area contributed by atoms with E-state index in [0.29, 0.717) is 0 Å². The van der Waals surface area contributed by atoms with Crippen LogP contribution >= 0.6 is 0 Å². The van der Waals surface area contributed by atoms with Crippen molar-refractivity contribution in [1.29, 1.82) is 0 Å². The molecular formula is C20H22FN3. The van der Waals surface area contributed by atoms with Crippen LogP contribution < -0.4 is 5.32 Å². The number of aryl methyl sites for hydroxylation is 3. The first kappa shape index (κ1) is 16.2. The summed E-state index contributed by atoms with van der Waals surface area (Å²) in [5, 5.41) is 3.50. The number of nitrogens with one attached hydrogen (secondary N) is 1. The lowest BCUT2D eigenvalue weighted by Crippen LogP contribution is -2.06. The van der Waals surface area contributed by atoms with Crippen molar-refractivity contribution in [3.63, 3.8) is 0 Å². The molecule has 124 valence electrons. The predicted octanol–water partition coefficient (Wildman–Crippen LogP) is 4.81. The third-order valence-electron chi connectivity index (χ3n) is 4.00. The predicted molar refractivity (Wildman–Crippen MR) is 96.6 cm³/mol. The molecule has 4 heteroatoms. The lowest BCUT2D eigenvalue weighted by Gasteiger charge is -2.13. The van der Waals surface area contributed by atoms with E-state index in [-0.39, 0.29) is 5.82 Å². The number of hydrogen-bond acceptors (Lipinski definition) is 2. The molecule has 0 saturated carbocycles. The van der Waals surface area contributed by atoms with Gasteiger partial charge in [0.05, 0.1) is 12.0 Å². The van der Waals surface area contributed by atoms with Crippen LogP contribution in [0.15, 0.2) is 55.0 Å². The Morgan fingerprint density at radius 2 is 1.88 bits per heavy atom. The van der Waals surface area contributed by atoms with Gasteiger partial charge in [0.15, 0.2) is 0 Å². The highest BCUT2D eigenvalue weighted by molar-refractivity contribution is 5.78. The van der Waals surface area contributed by atoms with E-state index < -0.39 is 0 Å². The summed E-state index contributed by atoms with van der Waals surface area (Å²) in [6.45, 7) is 5.87. The van der Waals surface area contributed by atoms with E-state index in [4.69, 9.17) is 0 Å². The Kier molecular flexibility index (Phi) is 4.94. The van der Waals surface area contributed by atoms with Gasteiger partial charge in [-0.25, -0.2) is 9.37 Å². The molecule has 0 bridgehead atoms. The Bertz CT molecular complexity index is 806. The van der Waals surface area contributed by atoms with Crippen LogP contribution in [0.1, 0.15) is 17.7 Å². The van der Waals surface area contributed by atoms with Crippen LogP contribution in [0.4, 0.5) is 10.1 Å². The van der Waals surface area contributed by atoms with Gasteiger partial charge in [0.2, 0.25) is 0 Å². The summed E-state index contributed by atoms with van der Waals surface area (Å²) in [5.74, 6) is -0.212. The van der Waals surface area contributed by atoms with Crippen molar-refractivity contribution in [1.82, 2.24) is 9.55 Å². The smallest absolute Gasteiger partial charge is 0.123 e. The minimum atomic E-state index is -0.212. The Morgan fingerprint density at radius 1 is 1.08 bits per heavy atom. The van der Waals surface area contributed by atoms with Gasteiger partial charge < -0.3 is 9.88 Å². The number of benzene rings is 2. The van der Waals surface area contributed by atoms with Crippen molar-refractivity contribution in [2.24, 2.45) is 0 Å². The molecule has 0 amide bonds. The lowest BCUT2D eigenvalue weighted by molar-refractivity contribution is 0.628. The van der Waals surface area contributed by atoms with Crippen molar-refractivity contribution >= 4 is 5.69 Å². The normalized spacial score (nSPS) is 10.8. The minimum absolute atomic E-state index is 0.212. The van der Waals surface area contributed by atoms with Gasteiger partial charge in [0.25, 0.3) is 0 Å². The Labute approximate surface area is 142 Å². The zero-order valence-corrected chi connectivity index (χ0v) is 14.1. The van der Waals surface area contributed by atoms with Crippen LogP contribution in [0, 0.1) is 19.7 Å². The molecular weight excluding hydrogens is 301 g/mol. The fraction of sp³-hybridized carbons (Fsp3) is 0.250. The van der Waals surface area contributed by atoms with E-state index in [1.165, 1.54) is 17.7 Å². The second-order valence-electron chi connectivity index (χ2n) is 6.09. The van der Waals surface area contributed by atoms with Crippen molar-refractivity contribution in [3.8, 4) is 11.1 Å². The van der Waals surface area contributed by atoms with Crippen LogP contribution in [0.5, 0.6) is 0 Å². The minimum Gasteiger partial charge on any atom is -0.384 e. The molecule has 0 spiro atoms. The monoisotopic (exact) mass is 323 g/mol. The van der Waals surface area contributed by atoms with Gasteiger partial charge in [0, 0.05) is 30.5 Å². The average molecular weight is 323 g/mol. The van der Waals surface area contributed by atoms with Crippen LogP contribution in [-0.4, -0.2) is 16.1 Å². The number of rotatable bonds is 6. The number of anilines is 1. The second kappa shape index (κ2) is 7.30. The van der Waals surface area contributed by atoms with E-state index >= 15 is 0 Å². The highest BCUT2D eigenvalue weighted by atomic mass is 19.1. The van der Waals surface area contributed by atoms with E-state index in [1.807, 2.05) is 25.4 Å². The lowest BCUT2D eigenvalue weighted by atomic mass is 10.0. The number of aromatic nitrogens is 2. The topological polar surface area (TPSA) is 29.9 Å². The van der Waals surface area contributed by atoms with Crippen molar-refractivity contribution in [3.05, 3.63) is 72.1 Å².